The second-order valence-corrected chi connectivity index (χ2v) is 5.50. The maximum atomic E-state index is 12.0. The molecule has 1 atom stereocenters. The van der Waals surface area contributed by atoms with Gasteiger partial charge < -0.3 is 15.5 Å². The highest BCUT2D eigenvalue weighted by atomic mass is 16.4. The fourth-order valence-corrected chi connectivity index (χ4v) is 2.69. The molecule has 2 rings (SSSR count). The van der Waals surface area contributed by atoms with E-state index in [1.54, 1.807) is 13.8 Å². The lowest BCUT2D eigenvalue weighted by Gasteiger charge is -2.42. The summed E-state index contributed by atoms with van der Waals surface area (Å²) in [6, 6.07) is -0.198. The van der Waals surface area contributed by atoms with E-state index in [4.69, 9.17) is 10.2 Å². The number of carbonyl (C=O) groups excluding carboxylic acids is 2. The van der Waals surface area contributed by atoms with Crippen LogP contribution in [0.3, 0.4) is 0 Å². The number of aromatic nitrogens is 1. The number of nitrogens with two attached hydrogens (primary N) is 1. The van der Waals surface area contributed by atoms with Crippen molar-refractivity contribution in [1.82, 2.24) is 15.2 Å². The number of aryl methyl sites for hydroxylation is 2. The SMILES string of the molecule is CCC(C(N)=O)N1CC(CNC(=O)c2oc(C)nc2C)C1. The molecule has 1 saturated heterocycles. The lowest BCUT2D eigenvalue weighted by atomic mass is 9.96. The highest BCUT2D eigenvalue weighted by Gasteiger charge is 2.34. The van der Waals surface area contributed by atoms with Gasteiger partial charge in [0.1, 0.15) is 0 Å². The summed E-state index contributed by atoms with van der Waals surface area (Å²) in [5.74, 6) is 0.569. The van der Waals surface area contributed by atoms with Crippen LogP contribution in [0, 0.1) is 19.8 Å². The van der Waals surface area contributed by atoms with Crippen molar-refractivity contribution in [3.8, 4) is 0 Å². The number of nitrogens with one attached hydrogen (secondary N) is 1. The van der Waals surface area contributed by atoms with E-state index < -0.39 is 0 Å². The van der Waals surface area contributed by atoms with Gasteiger partial charge in [0.2, 0.25) is 11.7 Å². The van der Waals surface area contributed by atoms with Crippen LogP contribution in [0.5, 0.6) is 0 Å². The molecule has 0 saturated carbocycles. The monoisotopic (exact) mass is 294 g/mol. The Kier molecular flexibility index (Phi) is 4.62. The quantitative estimate of drug-likeness (QED) is 0.781. The van der Waals surface area contributed by atoms with Crippen molar-refractivity contribution in [2.24, 2.45) is 11.7 Å². The van der Waals surface area contributed by atoms with Crippen LogP contribution in [0.1, 0.15) is 35.5 Å². The minimum atomic E-state index is -0.284. The molecule has 2 amide bonds. The third-order valence-electron chi connectivity index (χ3n) is 3.80. The van der Waals surface area contributed by atoms with Gasteiger partial charge in [0.05, 0.1) is 11.7 Å². The Morgan fingerprint density at radius 2 is 2.14 bits per heavy atom. The first-order chi connectivity index (χ1) is 9.92. The maximum absolute atomic E-state index is 12.0. The number of hydrogen-bond acceptors (Lipinski definition) is 5. The van der Waals surface area contributed by atoms with Crippen LogP contribution in [0.25, 0.3) is 0 Å². The summed E-state index contributed by atoms with van der Waals surface area (Å²) in [6.07, 6.45) is 0.713. The smallest absolute Gasteiger partial charge is 0.289 e. The van der Waals surface area contributed by atoms with Crippen LogP contribution >= 0.6 is 0 Å². The molecule has 0 aliphatic carbocycles. The maximum Gasteiger partial charge on any atom is 0.289 e. The molecule has 1 fully saturated rings. The molecule has 1 aliphatic heterocycles. The molecule has 3 N–H and O–H groups in total. The van der Waals surface area contributed by atoms with Gasteiger partial charge in [-0.15, -0.1) is 0 Å². The summed E-state index contributed by atoms with van der Waals surface area (Å²) < 4.78 is 5.27. The summed E-state index contributed by atoms with van der Waals surface area (Å²) in [6.45, 7) is 7.51. The normalized spacial score (nSPS) is 17.3. The van der Waals surface area contributed by atoms with Crippen molar-refractivity contribution in [3.63, 3.8) is 0 Å². The van der Waals surface area contributed by atoms with Gasteiger partial charge in [-0.1, -0.05) is 6.92 Å². The molecule has 21 heavy (non-hydrogen) atoms. The van der Waals surface area contributed by atoms with Crippen molar-refractivity contribution in [2.75, 3.05) is 19.6 Å². The second-order valence-electron chi connectivity index (χ2n) is 5.50. The molecule has 1 aromatic rings. The van der Waals surface area contributed by atoms with Gasteiger partial charge in [-0.3, -0.25) is 14.5 Å². The van der Waals surface area contributed by atoms with Gasteiger partial charge >= 0.3 is 0 Å². The van der Waals surface area contributed by atoms with Crippen LogP contribution < -0.4 is 11.1 Å². The third-order valence-corrected chi connectivity index (χ3v) is 3.80. The van der Waals surface area contributed by atoms with E-state index in [1.165, 1.54) is 0 Å². The topological polar surface area (TPSA) is 101 Å². The predicted molar refractivity (Wildman–Crippen MR) is 76.6 cm³/mol. The van der Waals surface area contributed by atoms with E-state index in [2.05, 4.69) is 10.3 Å². The lowest BCUT2D eigenvalue weighted by Crippen LogP contribution is -2.58. The molecule has 2 heterocycles. The van der Waals surface area contributed by atoms with Crippen molar-refractivity contribution in [2.45, 2.75) is 33.2 Å². The van der Waals surface area contributed by atoms with Crippen LogP contribution in [0.15, 0.2) is 4.42 Å². The van der Waals surface area contributed by atoms with E-state index in [9.17, 15) is 9.59 Å². The number of oxazole rings is 1. The average Bonchev–Trinajstić information content (AvgIpc) is 2.70. The summed E-state index contributed by atoms with van der Waals surface area (Å²) in [5, 5.41) is 2.85. The molecule has 0 radical (unpaired) electrons. The highest BCUT2D eigenvalue weighted by Crippen LogP contribution is 2.19. The molecule has 1 aromatic heterocycles. The first kappa shape index (κ1) is 15.5. The Labute approximate surface area is 123 Å². The summed E-state index contributed by atoms with van der Waals surface area (Å²) >= 11 is 0. The van der Waals surface area contributed by atoms with E-state index >= 15 is 0 Å². The number of likely N-dealkylation sites (tertiary alicyclic amines) is 1. The van der Waals surface area contributed by atoms with Crippen molar-refractivity contribution >= 4 is 11.8 Å². The van der Waals surface area contributed by atoms with Gasteiger partial charge in [0.15, 0.2) is 5.89 Å². The Morgan fingerprint density at radius 3 is 2.62 bits per heavy atom. The molecule has 7 nitrogen and oxygen atoms in total. The van der Waals surface area contributed by atoms with Gasteiger partial charge in [-0.2, -0.15) is 0 Å². The molecular formula is C14H22N4O3. The minimum absolute atomic E-state index is 0.198. The zero-order valence-electron chi connectivity index (χ0n) is 12.7. The molecular weight excluding hydrogens is 272 g/mol. The Morgan fingerprint density at radius 1 is 1.48 bits per heavy atom. The van der Waals surface area contributed by atoms with E-state index in [1.807, 2.05) is 11.8 Å². The number of rotatable bonds is 6. The molecule has 0 spiro atoms. The number of carbonyl (C=O) groups is 2. The predicted octanol–water partition coefficient (Wildman–Crippen LogP) is 0.217. The van der Waals surface area contributed by atoms with Crippen LogP contribution in [0.4, 0.5) is 0 Å². The zero-order chi connectivity index (χ0) is 15.6. The second kappa shape index (κ2) is 6.26. The summed E-state index contributed by atoms with van der Waals surface area (Å²) in [5.41, 5.74) is 5.95. The van der Waals surface area contributed by atoms with Crippen molar-refractivity contribution in [3.05, 3.63) is 17.3 Å². The van der Waals surface area contributed by atoms with Crippen LogP contribution in [-0.4, -0.2) is 47.4 Å². The third kappa shape index (κ3) is 3.41. The molecule has 116 valence electrons. The number of hydrogen-bond donors (Lipinski definition) is 2. The summed E-state index contributed by atoms with van der Waals surface area (Å²) in [4.78, 5) is 29.3. The number of amides is 2. The van der Waals surface area contributed by atoms with E-state index in [0.29, 0.717) is 30.5 Å². The van der Waals surface area contributed by atoms with E-state index in [0.717, 1.165) is 13.1 Å². The fourth-order valence-electron chi connectivity index (χ4n) is 2.69. The zero-order valence-corrected chi connectivity index (χ0v) is 12.7. The molecule has 1 aliphatic rings. The lowest BCUT2D eigenvalue weighted by molar-refractivity contribution is -0.126. The largest absolute Gasteiger partial charge is 0.436 e. The Bertz CT molecular complexity index is 534. The van der Waals surface area contributed by atoms with Gasteiger partial charge in [-0.25, -0.2) is 4.98 Å². The fraction of sp³-hybridized carbons (Fsp3) is 0.643. The first-order valence-electron chi connectivity index (χ1n) is 7.18. The highest BCUT2D eigenvalue weighted by molar-refractivity contribution is 5.92. The number of primary amides is 1. The van der Waals surface area contributed by atoms with Crippen LogP contribution in [-0.2, 0) is 4.79 Å². The molecule has 7 heteroatoms. The summed E-state index contributed by atoms with van der Waals surface area (Å²) in [7, 11) is 0. The standard InChI is InChI=1S/C14H22N4O3/c1-4-11(13(15)19)18-6-10(7-18)5-16-14(20)12-8(2)17-9(3)21-12/h10-11H,4-7H2,1-3H3,(H2,15,19)(H,16,20). The van der Waals surface area contributed by atoms with E-state index in [-0.39, 0.29) is 23.6 Å². The number of nitrogens with zero attached hydrogens (tertiary/aromatic N) is 2. The van der Waals surface area contributed by atoms with Gasteiger partial charge in [0.25, 0.3) is 5.91 Å². The molecule has 0 aromatic carbocycles. The minimum Gasteiger partial charge on any atom is -0.436 e. The van der Waals surface area contributed by atoms with Gasteiger partial charge in [-0.05, 0) is 13.3 Å². The average molecular weight is 294 g/mol. The van der Waals surface area contributed by atoms with Crippen LogP contribution in [0.2, 0.25) is 0 Å². The van der Waals surface area contributed by atoms with Crippen molar-refractivity contribution in [1.29, 1.82) is 0 Å². The first-order valence-corrected chi connectivity index (χ1v) is 7.18. The Balaban J connectivity index is 1.77. The molecule has 0 bridgehead atoms. The van der Waals surface area contributed by atoms with Crippen molar-refractivity contribution < 1.29 is 14.0 Å². The Hall–Kier alpha value is -1.89. The van der Waals surface area contributed by atoms with Gasteiger partial charge in [0, 0.05) is 32.5 Å². The molecule has 1 unspecified atom stereocenters.